The highest BCUT2D eigenvalue weighted by Crippen LogP contribution is 2.35. The molecule has 0 bridgehead atoms. The lowest BCUT2D eigenvalue weighted by molar-refractivity contribution is 0.172. The first-order valence-electron chi connectivity index (χ1n) is 5.75. The Balaban J connectivity index is 2.39. The summed E-state index contributed by atoms with van der Waals surface area (Å²) in [5, 5.41) is 22.8. The van der Waals surface area contributed by atoms with E-state index in [9.17, 15) is 9.59 Å². The van der Waals surface area contributed by atoms with Gasteiger partial charge in [-0.3, -0.25) is 0 Å². The monoisotopic (exact) mass is 284 g/mol. The van der Waals surface area contributed by atoms with Gasteiger partial charge in [-0.2, -0.15) is 0 Å². The van der Waals surface area contributed by atoms with Crippen LogP contribution in [0, 0.1) is 0 Å². The average Bonchev–Trinajstić information content (AvgIpc) is 2.31. The van der Waals surface area contributed by atoms with Gasteiger partial charge in [0.25, 0.3) is 0 Å². The van der Waals surface area contributed by atoms with Gasteiger partial charge in [0, 0.05) is 5.02 Å². The summed E-state index contributed by atoms with van der Waals surface area (Å²) < 4.78 is 0. The second kappa shape index (κ2) is 5.36. The molecule has 1 aromatic rings. The van der Waals surface area contributed by atoms with E-state index < -0.39 is 24.3 Å². The highest BCUT2D eigenvalue weighted by molar-refractivity contribution is 6.31. The van der Waals surface area contributed by atoms with E-state index in [0.717, 1.165) is 5.56 Å². The molecule has 0 fully saturated rings. The van der Waals surface area contributed by atoms with Crippen LogP contribution in [0.2, 0.25) is 5.02 Å². The van der Waals surface area contributed by atoms with Crippen molar-refractivity contribution in [3.63, 3.8) is 0 Å². The Morgan fingerprint density at radius 3 is 2.53 bits per heavy atom. The predicted octanol–water partition coefficient (Wildman–Crippen LogP) is 2.23. The molecule has 1 aliphatic carbocycles. The molecular formula is C12H13ClN2O4. The maximum absolute atomic E-state index is 10.9. The van der Waals surface area contributed by atoms with Gasteiger partial charge in [-0.05, 0) is 30.0 Å². The standard InChI is InChI=1S/C12H13ClN2O4/c13-7-3-1-2-6-4-5-8(14-11(16)17)10(9(6)7)15-12(18)19/h1-3,8,10,14-15H,4-5H2,(H,16,17)(H,18,19)/t8-,10+/m1/s1. The summed E-state index contributed by atoms with van der Waals surface area (Å²) in [4.78, 5) is 21.7. The Morgan fingerprint density at radius 2 is 1.89 bits per heavy atom. The van der Waals surface area contributed by atoms with Crippen LogP contribution in [0.1, 0.15) is 23.6 Å². The van der Waals surface area contributed by atoms with E-state index in [2.05, 4.69) is 10.6 Å². The lowest BCUT2D eigenvalue weighted by atomic mass is 9.84. The highest BCUT2D eigenvalue weighted by Gasteiger charge is 2.33. The Kier molecular flexibility index (Phi) is 3.80. The van der Waals surface area contributed by atoms with Crippen molar-refractivity contribution in [2.24, 2.45) is 0 Å². The SMILES string of the molecule is O=C(O)N[C@@H]1c2c(Cl)cccc2CC[C@H]1NC(=O)O. The van der Waals surface area contributed by atoms with Crippen molar-refractivity contribution in [2.45, 2.75) is 24.9 Å². The van der Waals surface area contributed by atoms with Crippen LogP contribution in [0.25, 0.3) is 0 Å². The number of carboxylic acid groups (broad SMARTS) is 2. The number of fused-ring (bicyclic) bond motifs is 1. The van der Waals surface area contributed by atoms with Gasteiger partial charge in [0.05, 0.1) is 12.1 Å². The van der Waals surface area contributed by atoms with Crippen LogP contribution in [0.4, 0.5) is 9.59 Å². The molecule has 0 aliphatic heterocycles. The third-order valence-electron chi connectivity index (χ3n) is 3.17. The number of hydrogen-bond acceptors (Lipinski definition) is 2. The number of aryl methyl sites for hydroxylation is 1. The second-order valence-electron chi connectivity index (χ2n) is 4.33. The quantitative estimate of drug-likeness (QED) is 0.669. The molecule has 0 unspecified atom stereocenters. The molecule has 2 amide bonds. The van der Waals surface area contributed by atoms with Crippen molar-refractivity contribution in [3.05, 3.63) is 34.3 Å². The van der Waals surface area contributed by atoms with E-state index in [1.54, 1.807) is 12.1 Å². The summed E-state index contributed by atoms with van der Waals surface area (Å²) in [5.41, 5.74) is 1.59. The van der Waals surface area contributed by atoms with Gasteiger partial charge >= 0.3 is 12.2 Å². The number of hydrogen-bond donors (Lipinski definition) is 4. The van der Waals surface area contributed by atoms with Crippen molar-refractivity contribution in [3.8, 4) is 0 Å². The molecule has 19 heavy (non-hydrogen) atoms. The molecular weight excluding hydrogens is 272 g/mol. The maximum Gasteiger partial charge on any atom is 0.405 e. The summed E-state index contributed by atoms with van der Waals surface area (Å²) in [7, 11) is 0. The van der Waals surface area contributed by atoms with Crippen LogP contribution >= 0.6 is 11.6 Å². The van der Waals surface area contributed by atoms with E-state index >= 15 is 0 Å². The zero-order valence-corrected chi connectivity index (χ0v) is 10.6. The number of benzene rings is 1. The van der Waals surface area contributed by atoms with Crippen LogP contribution in [0.15, 0.2) is 18.2 Å². The molecule has 1 aromatic carbocycles. The van der Waals surface area contributed by atoms with Crippen LogP contribution in [0.3, 0.4) is 0 Å². The van der Waals surface area contributed by atoms with Crippen LogP contribution < -0.4 is 10.6 Å². The predicted molar refractivity (Wildman–Crippen MR) is 68.6 cm³/mol. The molecule has 4 N–H and O–H groups in total. The van der Waals surface area contributed by atoms with Crippen molar-refractivity contribution in [1.29, 1.82) is 0 Å². The van der Waals surface area contributed by atoms with Gasteiger partial charge in [0.15, 0.2) is 0 Å². The third-order valence-corrected chi connectivity index (χ3v) is 3.50. The molecule has 7 heteroatoms. The van der Waals surface area contributed by atoms with Crippen molar-refractivity contribution in [2.75, 3.05) is 0 Å². The molecule has 0 saturated carbocycles. The minimum absolute atomic E-state index is 0.438. The fourth-order valence-electron chi connectivity index (χ4n) is 2.45. The first-order chi connectivity index (χ1) is 8.99. The molecule has 2 rings (SSSR count). The zero-order valence-electron chi connectivity index (χ0n) is 9.89. The number of nitrogens with one attached hydrogen (secondary N) is 2. The average molecular weight is 285 g/mol. The van der Waals surface area contributed by atoms with E-state index in [1.807, 2.05) is 6.07 Å². The molecule has 102 valence electrons. The first kappa shape index (κ1) is 13.5. The highest BCUT2D eigenvalue weighted by atomic mass is 35.5. The fraction of sp³-hybridized carbons (Fsp3) is 0.333. The molecule has 0 aromatic heterocycles. The van der Waals surface area contributed by atoms with E-state index in [0.29, 0.717) is 23.4 Å². The summed E-state index contributed by atoms with van der Waals surface area (Å²) >= 11 is 6.11. The third kappa shape index (κ3) is 2.90. The zero-order chi connectivity index (χ0) is 14.0. The summed E-state index contributed by atoms with van der Waals surface area (Å²) in [5.74, 6) is 0. The number of amides is 2. The van der Waals surface area contributed by atoms with Gasteiger partial charge in [-0.25, -0.2) is 9.59 Å². The van der Waals surface area contributed by atoms with Crippen LogP contribution in [-0.4, -0.2) is 28.4 Å². The fourth-order valence-corrected chi connectivity index (χ4v) is 2.76. The molecule has 6 nitrogen and oxygen atoms in total. The largest absolute Gasteiger partial charge is 0.465 e. The number of carbonyl (C=O) groups is 2. The van der Waals surface area contributed by atoms with Gasteiger partial charge in [-0.15, -0.1) is 0 Å². The molecule has 0 spiro atoms. The Bertz CT molecular complexity index is 520. The Labute approximate surface area is 114 Å². The van der Waals surface area contributed by atoms with E-state index in [4.69, 9.17) is 21.8 Å². The summed E-state index contributed by atoms with van der Waals surface area (Å²) in [6.45, 7) is 0. The van der Waals surface area contributed by atoms with Crippen LogP contribution in [0.5, 0.6) is 0 Å². The lowest BCUT2D eigenvalue weighted by Gasteiger charge is -2.33. The van der Waals surface area contributed by atoms with Crippen molar-refractivity contribution < 1.29 is 19.8 Å². The Hall–Kier alpha value is -1.95. The van der Waals surface area contributed by atoms with E-state index in [1.165, 1.54) is 0 Å². The smallest absolute Gasteiger partial charge is 0.405 e. The molecule has 2 atom stereocenters. The van der Waals surface area contributed by atoms with Gasteiger partial charge < -0.3 is 20.8 Å². The molecule has 0 heterocycles. The van der Waals surface area contributed by atoms with Crippen LogP contribution in [-0.2, 0) is 6.42 Å². The van der Waals surface area contributed by atoms with Crippen molar-refractivity contribution in [1.82, 2.24) is 10.6 Å². The topological polar surface area (TPSA) is 98.7 Å². The first-order valence-corrected chi connectivity index (χ1v) is 6.13. The van der Waals surface area contributed by atoms with Gasteiger partial charge in [-0.1, -0.05) is 23.7 Å². The normalized spacial score (nSPS) is 21.3. The minimum atomic E-state index is -1.21. The van der Waals surface area contributed by atoms with Gasteiger partial charge in [0.1, 0.15) is 0 Å². The number of rotatable bonds is 2. The Morgan fingerprint density at radius 1 is 1.21 bits per heavy atom. The van der Waals surface area contributed by atoms with E-state index in [-0.39, 0.29) is 0 Å². The molecule has 1 aliphatic rings. The van der Waals surface area contributed by atoms with Gasteiger partial charge in [0.2, 0.25) is 0 Å². The lowest BCUT2D eigenvalue weighted by Crippen LogP contribution is -2.48. The number of halogens is 1. The maximum atomic E-state index is 10.9. The summed E-state index contributed by atoms with van der Waals surface area (Å²) in [6, 6.07) is 4.13. The molecule has 0 radical (unpaired) electrons. The van der Waals surface area contributed by atoms with Crippen molar-refractivity contribution >= 4 is 23.8 Å². The molecule has 0 saturated heterocycles. The summed E-state index contributed by atoms with van der Waals surface area (Å²) in [6.07, 6.45) is -1.23. The minimum Gasteiger partial charge on any atom is -0.465 e. The second-order valence-corrected chi connectivity index (χ2v) is 4.74.